The number of aromatic amines is 1. The molecule has 3 heterocycles. The summed E-state index contributed by atoms with van der Waals surface area (Å²) in [5, 5.41) is 7.14. The maximum absolute atomic E-state index is 12.9. The quantitative estimate of drug-likeness (QED) is 0.946. The molecule has 5 nitrogen and oxygen atoms in total. The summed E-state index contributed by atoms with van der Waals surface area (Å²) in [5.74, 6) is 0.695. The Morgan fingerprint density at radius 1 is 1.30 bits per heavy atom. The molecule has 0 aromatic carbocycles. The molecule has 5 heteroatoms. The first-order valence-corrected chi connectivity index (χ1v) is 8.48. The van der Waals surface area contributed by atoms with E-state index in [9.17, 15) is 4.79 Å². The second-order valence-corrected chi connectivity index (χ2v) is 6.55. The van der Waals surface area contributed by atoms with Crippen molar-refractivity contribution in [2.24, 2.45) is 0 Å². The molecule has 2 aromatic rings. The summed E-state index contributed by atoms with van der Waals surface area (Å²) in [4.78, 5) is 14.9. The molecule has 0 bridgehead atoms. The van der Waals surface area contributed by atoms with Gasteiger partial charge in [0.1, 0.15) is 0 Å². The number of carbonyl (C=O) groups excluding carboxylic acids is 1. The van der Waals surface area contributed by atoms with Gasteiger partial charge < -0.3 is 9.47 Å². The monoisotopic (exact) mass is 314 g/mol. The summed E-state index contributed by atoms with van der Waals surface area (Å²) in [6.45, 7) is 10.9. The molecule has 0 spiro atoms. The summed E-state index contributed by atoms with van der Waals surface area (Å²) >= 11 is 0. The number of H-pyrrole nitrogens is 1. The van der Waals surface area contributed by atoms with E-state index in [1.54, 1.807) is 0 Å². The van der Waals surface area contributed by atoms with Gasteiger partial charge in [-0.05, 0) is 58.1 Å². The molecule has 1 aliphatic heterocycles. The van der Waals surface area contributed by atoms with Gasteiger partial charge in [-0.1, -0.05) is 0 Å². The lowest BCUT2D eigenvalue weighted by molar-refractivity contribution is 0.0712. The van der Waals surface area contributed by atoms with Crippen LogP contribution < -0.4 is 0 Å². The Labute approximate surface area is 137 Å². The van der Waals surface area contributed by atoms with E-state index in [-0.39, 0.29) is 5.91 Å². The molecule has 0 saturated carbocycles. The molecule has 1 aliphatic rings. The fourth-order valence-corrected chi connectivity index (χ4v) is 3.84. The second-order valence-electron chi connectivity index (χ2n) is 6.55. The number of aromatic nitrogens is 3. The third kappa shape index (κ3) is 2.80. The van der Waals surface area contributed by atoms with Crippen LogP contribution in [0.5, 0.6) is 0 Å². The van der Waals surface area contributed by atoms with E-state index in [1.165, 1.54) is 5.56 Å². The van der Waals surface area contributed by atoms with Crippen LogP contribution in [0.15, 0.2) is 12.3 Å². The Balaban J connectivity index is 1.70. The largest absolute Gasteiger partial charge is 0.349 e. The minimum Gasteiger partial charge on any atom is -0.349 e. The van der Waals surface area contributed by atoms with Crippen molar-refractivity contribution in [2.75, 3.05) is 13.1 Å². The Morgan fingerprint density at radius 3 is 2.52 bits per heavy atom. The molecule has 0 radical (unpaired) electrons. The van der Waals surface area contributed by atoms with Crippen LogP contribution in [0.4, 0.5) is 0 Å². The summed E-state index contributed by atoms with van der Waals surface area (Å²) in [6, 6.07) is 2.04. The number of nitrogens with one attached hydrogen (secondary N) is 1. The van der Waals surface area contributed by atoms with E-state index in [0.717, 1.165) is 55.1 Å². The molecule has 1 saturated heterocycles. The van der Waals surface area contributed by atoms with Gasteiger partial charge in [-0.2, -0.15) is 5.10 Å². The van der Waals surface area contributed by atoms with E-state index in [4.69, 9.17) is 0 Å². The van der Waals surface area contributed by atoms with Crippen LogP contribution in [0.25, 0.3) is 0 Å². The first kappa shape index (κ1) is 15.8. The van der Waals surface area contributed by atoms with Gasteiger partial charge >= 0.3 is 0 Å². The number of piperidine rings is 1. The van der Waals surface area contributed by atoms with Gasteiger partial charge in [-0.3, -0.25) is 9.89 Å². The number of nitrogens with zero attached hydrogens (tertiary/aromatic N) is 3. The predicted molar refractivity (Wildman–Crippen MR) is 90.8 cm³/mol. The fraction of sp³-hybridized carbons (Fsp3) is 0.556. The standard InChI is InChI=1S/C18H26N4O/c1-5-22-12(2)10-16(14(22)4)18(23)21-8-6-15(7-9-21)17-11-19-20-13(17)3/h10-11,15H,5-9H2,1-4H3,(H,19,20). The number of amides is 1. The van der Waals surface area contributed by atoms with Crippen LogP contribution in [-0.2, 0) is 6.54 Å². The molecule has 0 atom stereocenters. The molecule has 0 aliphatic carbocycles. The minimum absolute atomic E-state index is 0.181. The topological polar surface area (TPSA) is 53.9 Å². The van der Waals surface area contributed by atoms with Crippen LogP contribution in [0.1, 0.15) is 58.7 Å². The molecule has 124 valence electrons. The summed E-state index contributed by atoms with van der Waals surface area (Å²) in [6.07, 6.45) is 3.96. The SMILES string of the molecule is CCn1c(C)cc(C(=O)N2CCC(c3cn[nH]c3C)CC2)c1C. The highest BCUT2D eigenvalue weighted by Crippen LogP contribution is 2.30. The summed E-state index contributed by atoms with van der Waals surface area (Å²) in [5.41, 5.74) is 5.57. The highest BCUT2D eigenvalue weighted by atomic mass is 16.2. The molecular formula is C18H26N4O. The van der Waals surface area contributed by atoms with Gasteiger partial charge in [0, 0.05) is 36.7 Å². The molecule has 23 heavy (non-hydrogen) atoms. The summed E-state index contributed by atoms with van der Waals surface area (Å²) < 4.78 is 2.20. The van der Waals surface area contributed by atoms with E-state index in [0.29, 0.717) is 5.92 Å². The lowest BCUT2D eigenvalue weighted by Gasteiger charge is -2.32. The lowest BCUT2D eigenvalue weighted by atomic mass is 9.89. The van der Waals surface area contributed by atoms with E-state index in [2.05, 4.69) is 35.5 Å². The molecule has 1 fully saturated rings. The number of aryl methyl sites for hydroxylation is 2. The highest BCUT2D eigenvalue weighted by molar-refractivity contribution is 5.95. The van der Waals surface area contributed by atoms with Gasteiger partial charge in [-0.15, -0.1) is 0 Å². The van der Waals surface area contributed by atoms with Crippen molar-refractivity contribution in [3.63, 3.8) is 0 Å². The lowest BCUT2D eigenvalue weighted by Crippen LogP contribution is -2.38. The Kier molecular flexibility index (Phi) is 4.28. The second kappa shape index (κ2) is 6.22. The molecule has 1 N–H and O–H groups in total. The van der Waals surface area contributed by atoms with Crippen molar-refractivity contribution in [1.82, 2.24) is 19.7 Å². The zero-order valence-electron chi connectivity index (χ0n) is 14.5. The van der Waals surface area contributed by atoms with Gasteiger partial charge in [-0.25, -0.2) is 0 Å². The van der Waals surface area contributed by atoms with Crippen molar-refractivity contribution in [3.05, 3.63) is 40.5 Å². The van der Waals surface area contributed by atoms with Crippen LogP contribution in [0.2, 0.25) is 0 Å². The smallest absolute Gasteiger partial charge is 0.255 e. The van der Waals surface area contributed by atoms with Gasteiger partial charge in [0.25, 0.3) is 5.91 Å². The Morgan fingerprint density at radius 2 is 2.00 bits per heavy atom. The minimum atomic E-state index is 0.181. The Bertz CT molecular complexity index is 705. The van der Waals surface area contributed by atoms with E-state index in [1.807, 2.05) is 24.1 Å². The number of rotatable bonds is 3. The van der Waals surface area contributed by atoms with E-state index >= 15 is 0 Å². The first-order chi connectivity index (χ1) is 11.0. The molecule has 3 rings (SSSR count). The average Bonchev–Trinajstić information content (AvgIpc) is 3.10. The van der Waals surface area contributed by atoms with Crippen molar-refractivity contribution >= 4 is 5.91 Å². The number of carbonyl (C=O) groups is 1. The van der Waals surface area contributed by atoms with E-state index < -0.39 is 0 Å². The van der Waals surface area contributed by atoms with Gasteiger partial charge in [0.2, 0.25) is 0 Å². The third-order valence-corrected chi connectivity index (χ3v) is 5.21. The number of hydrogen-bond donors (Lipinski definition) is 1. The Hall–Kier alpha value is -2.04. The van der Waals surface area contributed by atoms with Crippen molar-refractivity contribution in [3.8, 4) is 0 Å². The average molecular weight is 314 g/mol. The normalized spacial score (nSPS) is 16.1. The van der Waals surface area contributed by atoms with Crippen LogP contribution in [0.3, 0.4) is 0 Å². The molecule has 1 amide bonds. The van der Waals surface area contributed by atoms with Crippen LogP contribution in [-0.4, -0.2) is 38.7 Å². The van der Waals surface area contributed by atoms with Gasteiger partial charge in [0.15, 0.2) is 0 Å². The zero-order valence-corrected chi connectivity index (χ0v) is 14.5. The number of hydrogen-bond acceptors (Lipinski definition) is 2. The predicted octanol–water partition coefficient (Wildman–Crippen LogP) is 3.18. The fourth-order valence-electron chi connectivity index (χ4n) is 3.84. The number of likely N-dealkylation sites (tertiary alicyclic amines) is 1. The van der Waals surface area contributed by atoms with Crippen LogP contribution >= 0.6 is 0 Å². The summed E-state index contributed by atoms with van der Waals surface area (Å²) in [7, 11) is 0. The maximum atomic E-state index is 12.9. The van der Waals surface area contributed by atoms with Crippen LogP contribution in [0, 0.1) is 20.8 Å². The molecule has 2 aromatic heterocycles. The first-order valence-electron chi connectivity index (χ1n) is 8.48. The van der Waals surface area contributed by atoms with Crippen molar-refractivity contribution in [1.29, 1.82) is 0 Å². The van der Waals surface area contributed by atoms with Crippen molar-refractivity contribution in [2.45, 2.75) is 53.0 Å². The highest BCUT2D eigenvalue weighted by Gasteiger charge is 2.27. The van der Waals surface area contributed by atoms with Gasteiger partial charge in [0.05, 0.1) is 11.8 Å². The third-order valence-electron chi connectivity index (χ3n) is 5.21. The zero-order chi connectivity index (χ0) is 16.6. The maximum Gasteiger partial charge on any atom is 0.255 e. The van der Waals surface area contributed by atoms with Crippen molar-refractivity contribution < 1.29 is 4.79 Å². The molecular weight excluding hydrogens is 288 g/mol. The molecule has 0 unspecified atom stereocenters.